The monoisotopic (exact) mass is 252 g/mol. The second kappa shape index (κ2) is 5.70. The Bertz CT molecular complexity index is 592. The summed E-state index contributed by atoms with van der Waals surface area (Å²) >= 11 is 0. The Morgan fingerprint density at radius 3 is 2.05 bits per heavy atom. The molecule has 0 bridgehead atoms. The highest BCUT2D eigenvalue weighted by Crippen LogP contribution is 2.21. The summed E-state index contributed by atoms with van der Waals surface area (Å²) in [6, 6.07) is 14.4. The molecule has 0 radical (unpaired) electrons. The van der Waals surface area contributed by atoms with Gasteiger partial charge >= 0.3 is 0 Å². The molecule has 98 valence electrons. The normalized spacial score (nSPS) is 11.5. The molecule has 0 aliphatic heterocycles. The third kappa shape index (κ3) is 3.22. The van der Waals surface area contributed by atoms with Gasteiger partial charge in [-0.25, -0.2) is 4.99 Å². The maximum atomic E-state index is 4.64. The molecule has 2 nitrogen and oxygen atoms in total. The summed E-state index contributed by atoms with van der Waals surface area (Å²) in [5.74, 6) is 0.909. The lowest BCUT2D eigenvalue weighted by atomic mass is 10.1. The van der Waals surface area contributed by atoms with Gasteiger partial charge in [0.25, 0.3) is 0 Å². The van der Waals surface area contributed by atoms with Crippen molar-refractivity contribution in [3.8, 4) is 0 Å². The van der Waals surface area contributed by atoms with Crippen LogP contribution in [-0.4, -0.2) is 5.84 Å². The lowest BCUT2D eigenvalue weighted by Crippen LogP contribution is -2.09. The van der Waals surface area contributed by atoms with Gasteiger partial charge in [-0.3, -0.25) is 0 Å². The van der Waals surface area contributed by atoms with Crippen molar-refractivity contribution in [1.29, 1.82) is 0 Å². The van der Waals surface area contributed by atoms with Crippen LogP contribution in [0.3, 0.4) is 0 Å². The third-order valence-electron chi connectivity index (χ3n) is 3.19. The van der Waals surface area contributed by atoms with Gasteiger partial charge in [0.2, 0.25) is 0 Å². The van der Waals surface area contributed by atoms with E-state index in [0.717, 1.165) is 17.2 Å². The molecule has 0 atom stereocenters. The summed E-state index contributed by atoms with van der Waals surface area (Å²) < 4.78 is 0. The number of anilines is 1. The molecule has 0 aliphatic rings. The van der Waals surface area contributed by atoms with E-state index in [2.05, 4.69) is 55.3 Å². The summed E-state index contributed by atoms with van der Waals surface area (Å²) in [5, 5.41) is 3.40. The van der Waals surface area contributed by atoms with Gasteiger partial charge < -0.3 is 5.32 Å². The average Bonchev–Trinajstić information content (AvgIpc) is 2.37. The van der Waals surface area contributed by atoms with E-state index in [9.17, 15) is 0 Å². The molecular formula is C17H20N2. The summed E-state index contributed by atoms with van der Waals surface area (Å²) in [6.45, 7) is 8.29. The highest BCUT2D eigenvalue weighted by Gasteiger charge is 2.03. The standard InChI is InChI=1S/C17H20N2/c1-12-8-5-6-11-16(12)18-15(4)19-17-13(2)9-7-10-14(17)3/h5-11H,1-4H3,(H,18,19). The van der Waals surface area contributed by atoms with Crippen LogP contribution in [0, 0.1) is 20.8 Å². The number of rotatable bonds is 2. The molecule has 0 fully saturated rings. The van der Waals surface area contributed by atoms with Gasteiger partial charge in [0.1, 0.15) is 5.84 Å². The number of nitrogens with one attached hydrogen (secondary N) is 1. The van der Waals surface area contributed by atoms with Gasteiger partial charge in [-0.1, -0.05) is 36.4 Å². The number of benzene rings is 2. The molecule has 0 saturated heterocycles. The van der Waals surface area contributed by atoms with Crippen LogP contribution in [0.5, 0.6) is 0 Å². The van der Waals surface area contributed by atoms with Crippen molar-refractivity contribution < 1.29 is 0 Å². The summed E-state index contributed by atoms with van der Waals surface area (Å²) in [5.41, 5.74) is 5.82. The average molecular weight is 252 g/mol. The van der Waals surface area contributed by atoms with Gasteiger partial charge in [-0.15, -0.1) is 0 Å². The van der Waals surface area contributed by atoms with Crippen molar-refractivity contribution in [3.63, 3.8) is 0 Å². The Balaban J connectivity index is 2.27. The lowest BCUT2D eigenvalue weighted by molar-refractivity contribution is 1.35. The zero-order valence-corrected chi connectivity index (χ0v) is 12.0. The smallest absolute Gasteiger partial charge is 0.103 e. The number of para-hydroxylation sites is 2. The fourth-order valence-electron chi connectivity index (χ4n) is 2.09. The first kappa shape index (κ1) is 13.3. The first-order valence-electron chi connectivity index (χ1n) is 6.52. The molecule has 0 heterocycles. The van der Waals surface area contributed by atoms with Crippen molar-refractivity contribution in [2.45, 2.75) is 27.7 Å². The molecule has 2 aromatic rings. The van der Waals surface area contributed by atoms with E-state index in [4.69, 9.17) is 0 Å². The van der Waals surface area contributed by atoms with Gasteiger partial charge in [0.05, 0.1) is 5.69 Å². The lowest BCUT2D eigenvalue weighted by Gasteiger charge is -2.12. The SMILES string of the molecule is C/C(=N\c1ccccc1C)Nc1c(C)cccc1C. The van der Waals surface area contributed by atoms with Crippen LogP contribution in [0.2, 0.25) is 0 Å². The zero-order chi connectivity index (χ0) is 13.8. The Kier molecular flexibility index (Phi) is 4.00. The fourth-order valence-corrected chi connectivity index (χ4v) is 2.09. The molecule has 0 saturated carbocycles. The van der Waals surface area contributed by atoms with E-state index < -0.39 is 0 Å². The van der Waals surface area contributed by atoms with E-state index in [1.807, 2.05) is 25.1 Å². The maximum absolute atomic E-state index is 4.64. The van der Waals surface area contributed by atoms with Crippen molar-refractivity contribution in [3.05, 3.63) is 59.2 Å². The van der Waals surface area contributed by atoms with Gasteiger partial charge in [0.15, 0.2) is 0 Å². The van der Waals surface area contributed by atoms with E-state index >= 15 is 0 Å². The quantitative estimate of drug-likeness (QED) is 0.604. The van der Waals surface area contributed by atoms with Crippen LogP contribution in [0.1, 0.15) is 23.6 Å². The highest BCUT2D eigenvalue weighted by atomic mass is 15.0. The molecule has 0 unspecified atom stereocenters. The largest absolute Gasteiger partial charge is 0.344 e. The number of hydrogen-bond donors (Lipinski definition) is 1. The van der Waals surface area contributed by atoms with Crippen LogP contribution in [0.4, 0.5) is 11.4 Å². The van der Waals surface area contributed by atoms with Crippen molar-refractivity contribution >= 4 is 17.2 Å². The molecule has 0 amide bonds. The minimum Gasteiger partial charge on any atom is -0.344 e. The van der Waals surface area contributed by atoms with Crippen LogP contribution in [0.25, 0.3) is 0 Å². The van der Waals surface area contributed by atoms with E-state index in [1.165, 1.54) is 16.7 Å². The minimum atomic E-state index is 0.909. The van der Waals surface area contributed by atoms with Crippen molar-refractivity contribution in [2.24, 2.45) is 4.99 Å². The molecular weight excluding hydrogens is 232 g/mol. The van der Waals surface area contributed by atoms with Crippen LogP contribution < -0.4 is 5.32 Å². The Hall–Kier alpha value is -2.09. The summed E-state index contributed by atoms with van der Waals surface area (Å²) in [4.78, 5) is 4.64. The third-order valence-corrected chi connectivity index (χ3v) is 3.19. The molecule has 2 rings (SSSR count). The number of hydrogen-bond acceptors (Lipinski definition) is 1. The van der Waals surface area contributed by atoms with Crippen LogP contribution in [0.15, 0.2) is 47.5 Å². The van der Waals surface area contributed by atoms with E-state index in [1.54, 1.807) is 0 Å². The van der Waals surface area contributed by atoms with Gasteiger partial charge in [0, 0.05) is 5.69 Å². The Morgan fingerprint density at radius 2 is 1.42 bits per heavy atom. The zero-order valence-electron chi connectivity index (χ0n) is 12.0. The molecule has 0 aromatic heterocycles. The second-order valence-corrected chi connectivity index (χ2v) is 4.88. The van der Waals surface area contributed by atoms with Crippen LogP contribution in [-0.2, 0) is 0 Å². The highest BCUT2D eigenvalue weighted by molar-refractivity contribution is 5.96. The van der Waals surface area contributed by atoms with Crippen LogP contribution >= 0.6 is 0 Å². The molecule has 2 heteroatoms. The van der Waals surface area contributed by atoms with Crippen molar-refractivity contribution in [2.75, 3.05) is 5.32 Å². The number of aliphatic imine (C=N–C) groups is 1. The number of nitrogens with zero attached hydrogens (tertiary/aromatic N) is 1. The van der Waals surface area contributed by atoms with E-state index in [-0.39, 0.29) is 0 Å². The van der Waals surface area contributed by atoms with Gasteiger partial charge in [-0.2, -0.15) is 0 Å². The first-order valence-corrected chi connectivity index (χ1v) is 6.52. The molecule has 0 aliphatic carbocycles. The topological polar surface area (TPSA) is 24.4 Å². The predicted octanol–water partition coefficient (Wildman–Crippen LogP) is 4.77. The fraction of sp³-hybridized carbons (Fsp3) is 0.235. The minimum absolute atomic E-state index is 0.909. The molecule has 2 aromatic carbocycles. The number of aryl methyl sites for hydroxylation is 3. The Labute approximate surface area is 115 Å². The van der Waals surface area contributed by atoms with E-state index in [0.29, 0.717) is 0 Å². The van der Waals surface area contributed by atoms with Crippen molar-refractivity contribution in [1.82, 2.24) is 0 Å². The van der Waals surface area contributed by atoms with Gasteiger partial charge in [-0.05, 0) is 50.5 Å². The first-order chi connectivity index (χ1) is 9.08. The molecule has 1 N–H and O–H groups in total. The maximum Gasteiger partial charge on any atom is 0.103 e. The Morgan fingerprint density at radius 1 is 0.842 bits per heavy atom. The second-order valence-electron chi connectivity index (χ2n) is 4.88. The predicted molar refractivity (Wildman–Crippen MR) is 83.5 cm³/mol. The number of amidine groups is 1. The summed E-state index contributed by atoms with van der Waals surface area (Å²) in [7, 11) is 0. The molecule has 19 heavy (non-hydrogen) atoms. The molecule has 0 spiro atoms. The summed E-state index contributed by atoms with van der Waals surface area (Å²) in [6.07, 6.45) is 0.